The van der Waals surface area contributed by atoms with Crippen molar-refractivity contribution in [1.82, 2.24) is 0 Å². The number of fused-ring (bicyclic) bond motifs is 2. The van der Waals surface area contributed by atoms with Crippen LogP contribution in [0.4, 0.5) is 0 Å². The quantitative estimate of drug-likeness (QED) is 0.378. The average Bonchev–Trinajstić information content (AvgIpc) is 2.88. The highest BCUT2D eigenvalue weighted by Gasteiger charge is 2.09. The summed E-state index contributed by atoms with van der Waals surface area (Å²) in [7, 11) is 0. The molecule has 6 heteroatoms. The number of hydrogen-bond donors (Lipinski definition) is 0. The molecule has 0 fully saturated rings. The Morgan fingerprint density at radius 3 is 1.35 bits per heavy atom. The molecule has 0 unspecified atom stereocenters. The van der Waals surface area contributed by atoms with Crippen LogP contribution >= 0.6 is 0 Å². The standard InChI is InChI=1S/C28H30N2O4/c1-3-25-26-4-2-6-28(25)34-22-20-32-18-16-30-13-9-24(10-14-30)23-7-11-29(12-8-23)15-17-31-19-21-33-27(26)5-1/h1-14H,15-22H2/q+2. The second kappa shape index (κ2) is 11.1. The predicted octanol–water partition coefficient (Wildman–Crippen LogP) is 3.59. The van der Waals surface area contributed by atoms with Gasteiger partial charge in [-0.1, -0.05) is 24.3 Å². The average molecular weight is 459 g/mol. The summed E-state index contributed by atoms with van der Waals surface area (Å²) < 4.78 is 27.9. The van der Waals surface area contributed by atoms with E-state index in [1.54, 1.807) is 0 Å². The molecule has 2 aromatic heterocycles. The highest BCUT2D eigenvalue weighted by atomic mass is 16.5. The van der Waals surface area contributed by atoms with Gasteiger partial charge in [-0.05, 0) is 23.3 Å². The van der Waals surface area contributed by atoms with E-state index in [1.165, 1.54) is 11.1 Å². The van der Waals surface area contributed by atoms with Crippen molar-refractivity contribution in [3.8, 4) is 22.6 Å². The van der Waals surface area contributed by atoms with Crippen molar-refractivity contribution in [3.05, 3.63) is 85.5 Å². The lowest BCUT2D eigenvalue weighted by Gasteiger charge is -2.13. The summed E-state index contributed by atoms with van der Waals surface area (Å²) in [6.45, 7) is 4.92. The normalized spacial score (nSPS) is 15.5. The van der Waals surface area contributed by atoms with Crippen molar-refractivity contribution in [2.75, 3.05) is 39.6 Å². The van der Waals surface area contributed by atoms with Gasteiger partial charge in [0.1, 0.15) is 37.9 Å². The minimum Gasteiger partial charge on any atom is -0.491 e. The van der Waals surface area contributed by atoms with Gasteiger partial charge in [0, 0.05) is 35.0 Å². The summed E-state index contributed by atoms with van der Waals surface area (Å²) in [4.78, 5) is 0. The Balaban J connectivity index is 1.30. The third-order valence-electron chi connectivity index (χ3n) is 5.92. The van der Waals surface area contributed by atoms with Crippen LogP contribution in [0, 0.1) is 0 Å². The molecule has 0 radical (unpaired) electrons. The SMILES string of the molecule is c1cc2c3cccc(c3c1)OCCOCC[n+]1ccc(cc1)-c1cc[n+](cc1)CCOCCO2. The molecular weight excluding hydrogens is 428 g/mol. The van der Waals surface area contributed by atoms with Crippen LogP contribution in [-0.4, -0.2) is 39.6 Å². The second-order valence-corrected chi connectivity index (χ2v) is 8.18. The van der Waals surface area contributed by atoms with Gasteiger partial charge >= 0.3 is 0 Å². The molecule has 34 heavy (non-hydrogen) atoms. The zero-order valence-corrected chi connectivity index (χ0v) is 19.3. The minimum atomic E-state index is 0.496. The maximum atomic E-state index is 6.03. The first kappa shape index (κ1) is 22.3. The van der Waals surface area contributed by atoms with Gasteiger partial charge in [-0.2, -0.15) is 0 Å². The molecule has 0 spiro atoms. The summed E-state index contributed by atoms with van der Waals surface area (Å²) in [6.07, 6.45) is 8.38. The fourth-order valence-electron chi connectivity index (χ4n) is 4.07. The van der Waals surface area contributed by atoms with Crippen molar-refractivity contribution in [2.45, 2.75) is 13.1 Å². The van der Waals surface area contributed by atoms with Crippen LogP contribution in [-0.2, 0) is 22.6 Å². The van der Waals surface area contributed by atoms with Gasteiger partial charge in [0.25, 0.3) is 0 Å². The van der Waals surface area contributed by atoms with Crippen LogP contribution in [0.3, 0.4) is 0 Å². The Kier molecular flexibility index (Phi) is 7.28. The Hall–Kier alpha value is -3.48. The fourth-order valence-corrected chi connectivity index (χ4v) is 4.07. The molecule has 8 bridgehead atoms. The molecule has 174 valence electrons. The van der Waals surface area contributed by atoms with E-state index >= 15 is 0 Å². The van der Waals surface area contributed by atoms with Crippen molar-refractivity contribution >= 4 is 10.8 Å². The van der Waals surface area contributed by atoms with E-state index in [0.717, 1.165) is 35.4 Å². The maximum absolute atomic E-state index is 6.03. The zero-order valence-electron chi connectivity index (χ0n) is 19.3. The summed E-state index contributed by atoms with van der Waals surface area (Å²) in [6, 6.07) is 20.6. The van der Waals surface area contributed by atoms with E-state index in [0.29, 0.717) is 39.6 Å². The monoisotopic (exact) mass is 458 g/mol. The lowest BCUT2D eigenvalue weighted by atomic mass is 10.1. The van der Waals surface area contributed by atoms with Crippen molar-refractivity contribution in [3.63, 3.8) is 0 Å². The molecule has 3 aliphatic heterocycles. The number of rotatable bonds is 0. The lowest BCUT2D eigenvalue weighted by molar-refractivity contribution is -0.698. The van der Waals surface area contributed by atoms with Gasteiger partial charge in [-0.15, -0.1) is 0 Å². The van der Waals surface area contributed by atoms with Crippen LogP contribution in [0.25, 0.3) is 21.9 Å². The first-order valence-electron chi connectivity index (χ1n) is 11.8. The van der Waals surface area contributed by atoms with E-state index in [-0.39, 0.29) is 0 Å². The van der Waals surface area contributed by atoms with Crippen molar-refractivity contribution in [1.29, 1.82) is 0 Å². The molecule has 7 rings (SSSR count). The fraction of sp³-hybridized carbons (Fsp3) is 0.286. The number of aromatic nitrogens is 2. The van der Waals surface area contributed by atoms with Gasteiger partial charge in [0.2, 0.25) is 0 Å². The maximum Gasteiger partial charge on any atom is 0.171 e. The van der Waals surface area contributed by atoms with Crippen LogP contribution in [0.15, 0.2) is 85.5 Å². The van der Waals surface area contributed by atoms with E-state index < -0.39 is 0 Å². The van der Waals surface area contributed by atoms with Crippen molar-refractivity contribution in [2.24, 2.45) is 0 Å². The molecule has 3 aliphatic rings. The largest absolute Gasteiger partial charge is 0.491 e. The molecule has 5 heterocycles. The molecule has 0 N–H and O–H groups in total. The first-order chi connectivity index (χ1) is 16.9. The second-order valence-electron chi connectivity index (χ2n) is 8.18. The Morgan fingerprint density at radius 2 is 0.912 bits per heavy atom. The summed E-state index contributed by atoms with van der Waals surface area (Å²) in [5, 5.41) is 2.07. The smallest absolute Gasteiger partial charge is 0.171 e. The molecule has 0 amide bonds. The molecule has 0 aliphatic carbocycles. The lowest BCUT2D eigenvalue weighted by Crippen LogP contribution is -2.35. The minimum absolute atomic E-state index is 0.496. The Labute approximate surface area is 199 Å². The number of benzene rings is 2. The Morgan fingerprint density at radius 1 is 0.471 bits per heavy atom. The number of nitrogens with zero attached hydrogens (tertiary/aromatic N) is 2. The van der Waals surface area contributed by atoms with Crippen LogP contribution in [0.5, 0.6) is 11.5 Å². The zero-order chi connectivity index (χ0) is 23.0. The molecule has 6 nitrogen and oxygen atoms in total. The van der Waals surface area contributed by atoms with Crippen LogP contribution < -0.4 is 18.6 Å². The van der Waals surface area contributed by atoms with Crippen LogP contribution in [0.2, 0.25) is 0 Å². The van der Waals surface area contributed by atoms with Gasteiger partial charge in [-0.3, -0.25) is 0 Å². The first-order valence-corrected chi connectivity index (χ1v) is 11.8. The molecule has 2 aromatic carbocycles. The molecule has 0 saturated heterocycles. The third kappa shape index (κ3) is 5.53. The summed E-state index contributed by atoms with van der Waals surface area (Å²) >= 11 is 0. The predicted molar refractivity (Wildman–Crippen MR) is 129 cm³/mol. The third-order valence-corrected chi connectivity index (χ3v) is 5.92. The Bertz CT molecular complexity index is 1110. The number of hydrogen-bond acceptors (Lipinski definition) is 4. The highest BCUT2D eigenvalue weighted by molar-refractivity contribution is 5.93. The molecule has 4 aromatic rings. The van der Waals surface area contributed by atoms with E-state index in [4.69, 9.17) is 18.9 Å². The van der Waals surface area contributed by atoms with E-state index in [9.17, 15) is 0 Å². The van der Waals surface area contributed by atoms with Crippen LogP contribution in [0.1, 0.15) is 0 Å². The summed E-state index contributed by atoms with van der Waals surface area (Å²) in [5.41, 5.74) is 2.39. The van der Waals surface area contributed by atoms with Gasteiger partial charge in [0.05, 0.1) is 13.2 Å². The number of pyridine rings is 2. The molecule has 0 saturated carbocycles. The van der Waals surface area contributed by atoms with Gasteiger partial charge in [0.15, 0.2) is 37.9 Å². The molecular formula is C28H30N2O4+2. The highest BCUT2D eigenvalue weighted by Crippen LogP contribution is 2.32. The molecule has 0 atom stereocenters. The summed E-state index contributed by atoms with van der Waals surface area (Å²) in [5.74, 6) is 1.68. The van der Waals surface area contributed by atoms with E-state index in [1.807, 2.05) is 24.3 Å². The topological polar surface area (TPSA) is 44.7 Å². The van der Waals surface area contributed by atoms with E-state index in [2.05, 4.69) is 70.3 Å². The van der Waals surface area contributed by atoms with Crippen molar-refractivity contribution < 1.29 is 28.1 Å². The number of ether oxygens (including phenoxy) is 4. The van der Waals surface area contributed by atoms with Gasteiger partial charge < -0.3 is 18.9 Å². The van der Waals surface area contributed by atoms with Gasteiger partial charge in [-0.25, -0.2) is 9.13 Å².